The lowest BCUT2D eigenvalue weighted by molar-refractivity contribution is -0.132. The first-order chi connectivity index (χ1) is 9.67. The number of benzene rings is 1. The topological polar surface area (TPSA) is 36.1 Å². The van der Waals surface area contributed by atoms with Gasteiger partial charge in [-0.1, -0.05) is 18.6 Å². The molecule has 0 bridgehead atoms. The zero-order valence-corrected chi connectivity index (χ0v) is 12.3. The lowest BCUT2D eigenvalue weighted by atomic mass is 9.94. The molecule has 2 heterocycles. The minimum absolute atomic E-state index is 0.279. The van der Waals surface area contributed by atoms with Gasteiger partial charge in [-0.3, -0.25) is 4.79 Å². The molecule has 1 saturated heterocycles. The molecule has 0 radical (unpaired) electrons. The summed E-state index contributed by atoms with van der Waals surface area (Å²) < 4.78 is 0. The fourth-order valence-corrected chi connectivity index (χ4v) is 3.18. The van der Waals surface area contributed by atoms with Gasteiger partial charge in [0.25, 0.3) is 0 Å². The molecular formula is C17H22N2O. The quantitative estimate of drug-likeness (QED) is 0.889. The van der Waals surface area contributed by atoms with Gasteiger partial charge in [-0.15, -0.1) is 0 Å². The monoisotopic (exact) mass is 270 g/mol. The number of nitrogens with one attached hydrogen (secondary N) is 1. The molecule has 20 heavy (non-hydrogen) atoms. The Labute approximate surface area is 120 Å². The smallest absolute Gasteiger partial charge is 0.222 e. The number of aromatic amines is 1. The van der Waals surface area contributed by atoms with Crippen LogP contribution in [0.25, 0.3) is 10.9 Å². The molecule has 106 valence electrons. The van der Waals surface area contributed by atoms with Gasteiger partial charge in [0.1, 0.15) is 0 Å². The van der Waals surface area contributed by atoms with E-state index >= 15 is 0 Å². The Balaban J connectivity index is 1.84. The van der Waals surface area contributed by atoms with E-state index in [2.05, 4.69) is 36.2 Å². The Morgan fingerprint density at radius 2 is 2.25 bits per heavy atom. The number of amides is 1. The highest BCUT2D eigenvalue weighted by atomic mass is 16.2. The minimum atomic E-state index is 0.279. The van der Waals surface area contributed by atoms with Gasteiger partial charge in [0.2, 0.25) is 5.91 Å². The number of piperidine rings is 1. The van der Waals surface area contributed by atoms with Crippen LogP contribution in [0.2, 0.25) is 0 Å². The average molecular weight is 270 g/mol. The van der Waals surface area contributed by atoms with Gasteiger partial charge in [-0.25, -0.2) is 0 Å². The summed E-state index contributed by atoms with van der Waals surface area (Å²) in [5.41, 5.74) is 3.76. The number of rotatable bonds is 2. The van der Waals surface area contributed by atoms with Gasteiger partial charge in [-0.2, -0.15) is 0 Å². The van der Waals surface area contributed by atoms with Crippen LogP contribution in [-0.2, 0) is 4.79 Å². The number of aryl methyl sites for hydroxylation is 1. The Morgan fingerprint density at radius 3 is 3.05 bits per heavy atom. The van der Waals surface area contributed by atoms with Crippen molar-refractivity contribution in [1.29, 1.82) is 0 Å². The molecule has 3 nitrogen and oxygen atoms in total. The van der Waals surface area contributed by atoms with Crippen LogP contribution in [0.15, 0.2) is 24.3 Å². The summed E-state index contributed by atoms with van der Waals surface area (Å²) in [6, 6.07) is 8.75. The third kappa shape index (κ3) is 2.45. The number of carbonyl (C=O) groups excluding carboxylic acids is 1. The van der Waals surface area contributed by atoms with Gasteiger partial charge in [0.15, 0.2) is 0 Å². The zero-order valence-electron chi connectivity index (χ0n) is 12.3. The van der Waals surface area contributed by atoms with Gasteiger partial charge in [0.05, 0.1) is 0 Å². The summed E-state index contributed by atoms with van der Waals surface area (Å²) in [5.74, 6) is 0.730. The maximum absolute atomic E-state index is 11.9. The van der Waals surface area contributed by atoms with Crippen molar-refractivity contribution in [2.75, 3.05) is 13.1 Å². The third-order valence-electron chi connectivity index (χ3n) is 4.31. The van der Waals surface area contributed by atoms with Crippen LogP contribution in [0.1, 0.15) is 43.4 Å². The lowest BCUT2D eigenvalue weighted by Crippen LogP contribution is -2.38. The second kappa shape index (κ2) is 5.31. The van der Waals surface area contributed by atoms with Crippen LogP contribution in [0.4, 0.5) is 0 Å². The van der Waals surface area contributed by atoms with Crippen molar-refractivity contribution >= 4 is 16.8 Å². The highest BCUT2D eigenvalue weighted by Crippen LogP contribution is 2.29. The van der Waals surface area contributed by atoms with E-state index in [9.17, 15) is 4.79 Å². The Kier molecular flexibility index (Phi) is 3.51. The van der Waals surface area contributed by atoms with Crippen LogP contribution in [0.5, 0.6) is 0 Å². The van der Waals surface area contributed by atoms with E-state index in [0.717, 1.165) is 19.5 Å². The first-order valence-corrected chi connectivity index (χ1v) is 7.54. The number of hydrogen-bond acceptors (Lipinski definition) is 1. The largest absolute Gasteiger partial charge is 0.358 e. The normalized spacial score (nSPS) is 19.5. The Bertz CT molecular complexity index is 629. The van der Waals surface area contributed by atoms with E-state index in [-0.39, 0.29) is 5.91 Å². The maximum atomic E-state index is 11.9. The number of H-pyrrole nitrogens is 1. The van der Waals surface area contributed by atoms with E-state index in [0.29, 0.717) is 12.3 Å². The molecule has 1 N–H and O–H groups in total. The number of fused-ring (bicyclic) bond motifs is 1. The van der Waals surface area contributed by atoms with E-state index in [1.807, 2.05) is 11.8 Å². The molecule has 1 atom stereocenters. The van der Waals surface area contributed by atoms with Gasteiger partial charge < -0.3 is 9.88 Å². The molecule has 0 spiro atoms. The summed E-state index contributed by atoms with van der Waals surface area (Å²) in [6.07, 6.45) is 2.88. The van der Waals surface area contributed by atoms with Crippen molar-refractivity contribution in [2.24, 2.45) is 0 Å². The number of carbonyl (C=O) groups is 1. The average Bonchev–Trinajstić information content (AvgIpc) is 2.89. The first kappa shape index (κ1) is 13.2. The molecule has 0 aliphatic carbocycles. The number of likely N-dealkylation sites (tertiary alicyclic amines) is 1. The molecule has 3 heteroatoms. The van der Waals surface area contributed by atoms with Gasteiger partial charge >= 0.3 is 0 Å². The van der Waals surface area contributed by atoms with Crippen LogP contribution in [0, 0.1) is 6.92 Å². The van der Waals surface area contributed by atoms with E-state index in [1.54, 1.807) is 0 Å². The lowest BCUT2D eigenvalue weighted by Gasteiger charge is -2.32. The van der Waals surface area contributed by atoms with Crippen molar-refractivity contribution in [3.63, 3.8) is 0 Å². The molecule has 1 amide bonds. The molecular weight excluding hydrogens is 248 g/mol. The Hall–Kier alpha value is -1.77. The van der Waals surface area contributed by atoms with Crippen molar-refractivity contribution in [1.82, 2.24) is 9.88 Å². The maximum Gasteiger partial charge on any atom is 0.222 e. The standard InChI is InChI=1S/C17H22N2O/c1-3-17(20)19-8-4-5-13(11-19)16-10-14-9-12(2)6-7-15(14)18-16/h6-7,9-10,13,18H,3-5,8,11H2,1-2H3. The predicted octanol–water partition coefficient (Wildman–Crippen LogP) is 3.59. The SMILES string of the molecule is CCC(=O)N1CCCC(c2cc3cc(C)ccc3[nH]2)C1. The van der Waals surface area contributed by atoms with Crippen molar-refractivity contribution in [2.45, 2.75) is 39.0 Å². The first-order valence-electron chi connectivity index (χ1n) is 7.54. The second-order valence-corrected chi connectivity index (χ2v) is 5.85. The molecule has 3 rings (SSSR count). The van der Waals surface area contributed by atoms with Crippen LogP contribution >= 0.6 is 0 Å². The summed E-state index contributed by atoms with van der Waals surface area (Å²) >= 11 is 0. The van der Waals surface area contributed by atoms with Crippen LogP contribution in [-0.4, -0.2) is 28.9 Å². The minimum Gasteiger partial charge on any atom is -0.358 e. The third-order valence-corrected chi connectivity index (χ3v) is 4.31. The van der Waals surface area contributed by atoms with Crippen LogP contribution in [0.3, 0.4) is 0 Å². The molecule has 1 aliphatic heterocycles. The van der Waals surface area contributed by atoms with Crippen molar-refractivity contribution in [3.8, 4) is 0 Å². The number of hydrogen-bond donors (Lipinski definition) is 1. The molecule has 0 saturated carbocycles. The highest BCUT2D eigenvalue weighted by molar-refractivity contribution is 5.81. The number of aromatic nitrogens is 1. The summed E-state index contributed by atoms with van der Waals surface area (Å²) in [6.45, 7) is 5.84. The van der Waals surface area contributed by atoms with Gasteiger partial charge in [0, 0.05) is 36.6 Å². The molecule has 1 aromatic carbocycles. The van der Waals surface area contributed by atoms with Crippen molar-refractivity contribution < 1.29 is 4.79 Å². The van der Waals surface area contributed by atoms with E-state index in [1.165, 1.54) is 28.6 Å². The summed E-state index contributed by atoms with van der Waals surface area (Å²) in [7, 11) is 0. The Morgan fingerprint density at radius 1 is 1.40 bits per heavy atom. The zero-order chi connectivity index (χ0) is 14.1. The molecule has 1 fully saturated rings. The second-order valence-electron chi connectivity index (χ2n) is 5.85. The molecule has 1 aromatic heterocycles. The van der Waals surface area contributed by atoms with E-state index in [4.69, 9.17) is 0 Å². The van der Waals surface area contributed by atoms with Crippen LogP contribution < -0.4 is 0 Å². The van der Waals surface area contributed by atoms with Crippen molar-refractivity contribution in [3.05, 3.63) is 35.5 Å². The van der Waals surface area contributed by atoms with Gasteiger partial charge in [-0.05, 0) is 43.4 Å². The fourth-order valence-electron chi connectivity index (χ4n) is 3.18. The summed E-state index contributed by atoms with van der Waals surface area (Å²) in [5, 5.41) is 1.28. The molecule has 1 aliphatic rings. The number of nitrogens with zero attached hydrogens (tertiary/aromatic N) is 1. The van der Waals surface area contributed by atoms with E-state index < -0.39 is 0 Å². The fraction of sp³-hybridized carbons (Fsp3) is 0.471. The molecule has 2 aromatic rings. The predicted molar refractivity (Wildman–Crippen MR) is 81.9 cm³/mol. The summed E-state index contributed by atoms with van der Waals surface area (Å²) in [4.78, 5) is 17.4. The highest BCUT2D eigenvalue weighted by Gasteiger charge is 2.24. The molecule has 1 unspecified atom stereocenters.